The summed E-state index contributed by atoms with van der Waals surface area (Å²) in [5.74, 6) is 0.186. The predicted molar refractivity (Wildman–Crippen MR) is 117 cm³/mol. The number of benzene rings is 3. The molecule has 4 N–H and O–H groups in total. The van der Waals surface area contributed by atoms with E-state index in [-0.39, 0.29) is 17.3 Å². The molecule has 0 saturated heterocycles. The highest BCUT2D eigenvalue weighted by atomic mass is 32.2. The molecule has 3 rings (SSSR count). The molecule has 0 amide bonds. The lowest BCUT2D eigenvalue weighted by Crippen LogP contribution is -2.87. The summed E-state index contributed by atoms with van der Waals surface area (Å²) in [6.07, 6.45) is 0.136. The van der Waals surface area contributed by atoms with Crippen molar-refractivity contribution in [1.29, 1.82) is 0 Å². The molecule has 0 bridgehead atoms. The Morgan fingerprint density at radius 1 is 0.968 bits per heavy atom. The van der Waals surface area contributed by atoms with Crippen LogP contribution in [-0.4, -0.2) is 39.3 Å². The SMILES string of the molecule is O=S(=O)(Nc1ccc(CC[NH2+]CC(O)COc2ccc(F)cc2)cc1)c1ccccc1. The molecule has 8 heteroatoms. The molecular formula is C23H26FN2O4S+. The first kappa shape index (κ1) is 22.7. The second-order valence-corrected chi connectivity index (χ2v) is 8.78. The van der Waals surface area contributed by atoms with E-state index in [0.29, 0.717) is 18.0 Å². The number of quaternary nitrogens is 1. The summed E-state index contributed by atoms with van der Waals surface area (Å²) in [4.78, 5) is 0.218. The second-order valence-electron chi connectivity index (χ2n) is 7.10. The molecule has 1 unspecified atom stereocenters. The number of sulfonamides is 1. The maximum absolute atomic E-state index is 12.9. The van der Waals surface area contributed by atoms with Crippen molar-refractivity contribution in [3.63, 3.8) is 0 Å². The minimum Gasteiger partial charge on any atom is -0.491 e. The van der Waals surface area contributed by atoms with E-state index in [1.807, 2.05) is 17.4 Å². The Labute approximate surface area is 181 Å². The Morgan fingerprint density at radius 3 is 2.32 bits per heavy atom. The van der Waals surface area contributed by atoms with Gasteiger partial charge < -0.3 is 15.2 Å². The van der Waals surface area contributed by atoms with Crippen LogP contribution in [0.2, 0.25) is 0 Å². The number of rotatable bonds is 11. The second kappa shape index (κ2) is 10.9. The molecule has 1 atom stereocenters. The number of anilines is 1. The average Bonchev–Trinajstić information content (AvgIpc) is 2.78. The van der Waals surface area contributed by atoms with Gasteiger partial charge in [0.1, 0.15) is 30.8 Å². The third-order valence-electron chi connectivity index (χ3n) is 4.59. The lowest BCUT2D eigenvalue weighted by Gasteiger charge is -2.12. The normalized spacial score (nSPS) is 12.3. The van der Waals surface area contributed by atoms with E-state index >= 15 is 0 Å². The van der Waals surface area contributed by atoms with Crippen molar-refractivity contribution in [2.75, 3.05) is 24.4 Å². The quantitative estimate of drug-likeness (QED) is 0.395. The first-order valence-electron chi connectivity index (χ1n) is 9.97. The van der Waals surface area contributed by atoms with Crippen LogP contribution in [0, 0.1) is 5.82 Å². The molecular weight excluding hydrogens is 419 g/mol. The molecule has 0 fully saturated rings. The summed E-state index contributed by atoms with van der Waals surface area (Å²) in [6, 6.07) is 21.1. The minimum absolute atomic E-state index is 0.137. The fourth-order valence-corrected chi connectivity index (χ4v) is 4.00. The van der Waals surface area contributed by atoms with E-state index in [9.17, 15) is 17.9 Å². The first-order valence-corrected chi connectivity index (χ1v) is 11.5. The molecule has 3 aromatic rings. The maximum atomic E-state index is 12.9. The van der Waals surface area contributed by atoms with Gasteiger partial charge in [0.2, 0.25) is 0 Å². The van der Waals surface area contributed by atoms with Gasteiger partial charge in [-0.3, -0.25) is 4.72 Å². The summed E-state index contributed by atoms with van der Waals surface area (Å²) in [6.45, 7) is 1.39. The average molecular weight is 446 g/mol. The number of nitrogens with two attached hydrogens (primary N) is 1. The van der Waals surface area contributed by atoms with E-state index in [2.05, 4.69) is 4.72 Å². The van der Waals surface area contributed by atoms with E-state index in [4.69, 9.17) is 4.74 Å². The summed E-state index contributed by atoms with van der Waals surface area (Å²) in [5, 5.41) is 12.0. The van der Waals surface area contributed by atoms with Crippen molar-refractivity contribution < 1.29 is 28.0 Å². The van der Waals surface area contributed by atoms with Gasteiger partial charge in [-0.25, -0.2) is 12.8 Å². The van der Waals surface area contributed by atoms with Gasteiger partial charge in [0, 0.05) is 12.1 Å². The van der Waals surface area contributed by atoms with E-state index in [0.717, 1.165) is 18.5 Å². The molecule has 0 spiro atoms. The van der Waals surface area contributed by atoms with Crippen LogP contribution in [0.15, 0.2) is 83.8 Å². The standard InChI is InChI=1S/C23H25FN2O4S/c24-19-8-12-22(13-9-19)30-17-21(27)16-25-15-14-18-6-10-20(11-7-18)26-31(28,29)23-4-2-1-3-5-23/h1-13,21,25-27H,14-17H2/p+1. The zero-order chi connectivity index (χ0) is 22.1. The lowest BCUT2D eigenvalue weighted by atomic mass is 10.1. The smallest absolute Gasteiger partial charge is 0.261 e. The zero-order valence-electron chi connectivity index (χ0n) is 16.9. The van der Waals surface area contributed by atoms with Crippen molar-refractivity contribution in [3.8, 4) is 5.75 Å². The Hall–Kier alpha value is -2.94. The van der Waals surface area contributed by atoms with Crippen LogP contribution in [0.1, 0.15) is 5.56 Å². The Balaban J connectivity index is 1.38. The number of nitrogens with one attached hydrogen (secondary N) is 1. The van der Waals surface area contributed by atoms with Crippen LogP contribution in [0.4, 0.5) is 10.1 Å². The van der Waals surface area contributed by atoms with Crippen LogP contribution in [-0.2, 0) is 16.4 Å². The third kappa shape index (κ3) is 7.36. The minimum atomic E-state index is -3.60. The van der Waals surface area contributed by atoms with E-state index in [1.165, 1.54) is 24.3 Å². The van der Waals surface area contributed by atoms with Crippen molar-refractivity contribution in [1.82, 2.24) is 0 Å². The van der Waals surface area contributed by atoms with Crippen LogP contribution < -0.4 is 14.8 Å². The summed E-state index contributed by atoms with van der Waals surface area (Å²) < 4.78 is 45.6. The van der Waals surface area contributed by atoms with Gasteiger partial charge in [0.15, 0.2) is 0 Å². The first-order chi connectivity index (χ1) is 14.9. The van der Waals surface area contributed by atoms with Crippen molar-refractivity contribution in [3.05, 3.63) is 90.2 Å². The molecule has 0 aliphatic rings. The highest BCUT2D eigenvalue weighted by molar-refractivity contribution is 7.92. The van der Waals surface area contributed by atoms with E-state index < -0.39 is 16.1 Å². The number of ether oxygens (including phenoxy) is 1. The van der Waals surface area contributed by atoms with Crippen LogP contribution in [0.25, 0.3) is 0 Å². The van der Waals surface area contributed by atoms with Crippen molar-refractivity contribution >= 4 is 15.7 Å². The fourth-order valence-electron chi connectivity index (χ4n) is 2.92. The highest BCUT2D eigenvalue weighted by Crippen LogP contribution is 2.16. The van der Waals surface area contributed by atoms with Crippen LogP contribution in [0.5, 0.6) is 5.75 Å². The van der Waals surface area contributed by atoms with Crippen molar-refractivity contribution in [2.45, 2.75) is 17.4 Å². The Morgan fingerprint density at radius 2 is 1.65 bits per heavy atom. The Kier molecular flexibility index (Phi) is 8.00. The van der Waals surface area contributed by atoms with Gasteiger partial charge in [0.25, 0.3) is 10.0 Å². The molecule has 0 aliphatic carbocycles. The summed E-state index contributed by atoms with van der Waals surface area (Å²) >= 11 is 0. The molecule has 0 aliphatic heterocycles. The molecule has 0 aromatic heterocycles. The zero-order valence-corrected chi connectivity index (χ0v) is 17.8. The molecule has 164 valence electrons. The van der Waals surface area contributed by atoms with Gasteiger partial charge >= 0.3 is 0 Å². The topological polar surface area (TPSA) is 92.2 Å². The number of aliphatic hydroxyl groups excluding tert-OH is 1. The number of aliphatic hydroxyl groups is 1. The predicted octanol–water partition coefficient (Wildman–Crippen LogP) is 2.17. The highest BCUT2D eigenvalue weighted by Gasteiger charge is 2.13. The number of halogens is 1. The molecule has 6 nitrogen and oxygen atoms in total. The van der Waals surface area contributed by atoms with Crippen molar-refractivity contribution in [2.24, 2.45) is 0 Å². The fraction of sp³-hybridized carbons (Fsp3) is 0.217. The number of hydrogen-bond donors (Lipinski definition) is 3. The third-order valence-corrected chi connectivity index (χ3v) is 5.99. The van der Waals surface area contributed by atoms with Gasteiger partial charge in [-0.05, 0) is 54.1 Å². The molecule has 0 saturated carbocycles. The summed E-state index contributed by atoms with van der Waals surface area (Å²) in [5.41, 5.74) is 1.57. The molecule has 0 radical (unpaired) electrons. The number of hydrogen-bond acceptors (Lipinski definition) is 4. The molecule has 31 heavy (non-hydrogen) atoms. The van der Waals surface area contributed by atoms with Gasteiger partial charge in [0.05, 0.1) is 11.4 Å². The Bertz CT molecular complexity index is 1040. The molecule has 0 heterocycles. The van der Waals surface area contributed by atoms with Crippen LogP contribution in [0.3, 0.4) is 0 Å². The largest absolute Gasteiger partial charge is 0.491 e. The summed E-state index contributed by atoms with van der Waals surface area (Å²) in [7, 11) is -3.60. The lowest BCUT2D eigenvalue weighted by molar-refractivity contribution is -0.660. The maximum Gasteiger partial charge on any atom is 0.261 e. The van der Waals surface area contributed by atoms with E-state index in [1.54, 1.807) is 42.5 Å². The van der Waals surface area contributed by atoms with Gasteiger partial charge in [-0.15, -0.1) is 0 Å². The van der Waals surface area contributed by atoms with Gasteiger partial charge in [-0.2, -0.15) is 0 Å². The monoisotopic (exact) mass is 445 g/mol. The van der Waals surface area contributed by atoms with Gasteiger partial charge in [-0.1, -0.05) is 30.3 Å². The molecule has 3 aromatic carbocycles. The van der Waals surface area contributed by atoms with Crippen LogP contribution >= 0.6 is 0 Å².